The van der Waals surface area contributed by atoms with Crippen molar-refractivity contribution in [1.29, 1.82) is 0 Å². The fourth-order valence-electron chi connectivity index (χ4n) is 5.22. The highest BCUT2D eigenvalue weighted by Gasteiger charge is 2.43. The number of carbonyl (C=O) groups excluding carboxylic acids is 3. The molecule has 9 heteroatoms. The summed E-state index contributed by atoms with van der Waals surface area (Å²) in [6.07, 6.45) is 2.12. The Morgan fingerprint density at radius 1 is 1.14 bits per heavy atom. The van der Waals surface area contributed by atoms with Gasteiger partial charge in [-0.2, -0.15) is 0 Å². The zero-order valence-electron chi connectivity index (χ0n) is 15.8. The maximum absolute atomic E-state index is 15.4. The van der Waals surface area contributed by atoms with E-state index in [-0.39, 0.29) is 47.4 Å². The molecule has 2 bridgehead atoms. The molecule has 0 aromatic heterocycles. The largest absolute Gasteiger partial charge is 0.361 e. The van der Waals surface area contributed by atoms with Crippen molar-refractivity contribution >= 4 is 23.7 Å². The number of anilines is 1. The van der Waals surface area contributed by atoms with Crippen LogP contribution in [0.1, 0.15) is 35.2 Å². The van der Waals surface area contributed by atoms with Gasteiger partial charge in [-0.3, -0.25) is 14.4 Å². The maximum atomic E-state index is 15.4. The van der Waals surface area contributed by atoms with Crippen LogP contribution in [0.3, 0.4) is 0 Å². The van der Waals surface area contributed by atoms with Gasteiger partial charge in [-0.1, -0.05) is 0 Å². The average Bonchev–Trinajstić information content (AvgIpc) is 3.43. The first-order chi connectivity index (χ1) is 14.0. The van der Waals surface area contributed by atoms with Crippen molar-refractivity contribution < 1.29 is 23.2 Å². The molecule has 154 valence electrons. The molecule has 4 atom stereocenters. The number of ketones is 1. The molecule has 2 N–H and O–H groups in total. The Labute approximate surface area is 166 Å². The van der Waals surface area contributed by atoms with Gasteiger partial charge >= 0.3 is 0 Å². The van der Waals surface area contributed by atoms with Crippen LogP contribution in [0.2, 0.25) is 0 Å². The molecule has 3 fully saturated rings. The summed E-state index contributed by atoms with van der Waals surface area (Å²) in [7, 11) is 0. The predicted molar refractivity (Wildman–Crippen MR) is 99.7 cm³/mol. The van der Waals surface area contributed by atoms with Crippen molar-refractivity contribution in [1.82, 2.24) is 15.5 Å². The van der Waals surface area contributed by atoms with Gasteiger partial charge in [-0.25, -0.2) is 8.78 Å². The van der Waals surface area contributed by atoms with Gasteiger partial charge in [0.2, 0.25) is 5.78 Å². The standard InChI is InChI=1S/C20H22F2N4O3/c21-15-4-13-14(18(22)19(15)25-7-10-3-12(25)6-23-10)8-26(20(13)29)11-1-2-16(24-5-11)17(28)9-27/h4,9-12,16,23-24H,1-3,5-8H2. The highest BCUT2D eigenvalue weighted by atomic mass is 19.1. The van der Waals surface area contributed by atoms with Gasteiger partial charge in [0.15, 0.2) is 12.1 Å². The van der Waals surface area contributed by atoms with E-state index >= 15 is 4.39 Å². The highest BCUT2D eigenvalue weighted by molar-refractivity contribution is 6.27. The molecule has 1 aromatic carbocycles. The lowest BCUT2D eigenvalue weighted by Gasteiger charge is -2.34. The number of carbonyl (C=O) groups is 3. The van der Waals surface area contributed by atoms with E-state index in [4.69, 9.17) is 0 Å². The lowest BCUT2D eigenvalue weighted by molar-refractivity contribution is -0.131. The van der Waals surface area contributed by atoms with E-state index in [9.17, 15) is 18.8 Å². The zero-order valence-corrected chi connectivity index (χ0v) is 15.8. The van der Waals surface area contributed by atoms with Crippen molar-refractivity contribution in [2.45, 2.75) is 50.0 Å². The zero-order chi connectivity index (χ0) is 20.3. The van der Waals surface area contributed by atoms with Crippen molar-refractivity contribution in [3.05, 3.63) is 28.8 Å². The molecule has 29 heavy (non-hydrogen) atoms. The summed E-state index contributed by atoms with van der Waals surface area (Å²) in [6.45, 7) is 1.70. The fourth-order valence-corrected chi connectivity index (χ4v) is 5.22. The second kappa shape index (κ2) is 6.84. The number of nitrogens with zero attached hydrogens (tertiary/aromatic N) is 2. The van der Waals surface area contributed by atoms with Crippen LogP contribution in [-0.2, 0) is 16.1 Å². The minimum Gasteiger partial charge on any atom is -0.361 e. The minimum absolute atomic E-state index is 0.0224. The van der Waals surface area contributed by atoms with Gasteiger partial charge in [-0.05, 0) is 25.3 Å². The number of fused-ring (bicyclic) bond motifs is 3. The Kier molecular flexibility index (Phi) is 4.40. The van der Waals surface area contributed by atoms with Gasteiger partial charge in [0.1, 0.15) is 11.5 Å². The number of hydrogen-bond acceptors (Lipinski definition) is 6. The van der Waals surface area contributed by atoms with Crippen molar-refractivity contribution in [3.8, 4) is 0 Å². The molecule has 4 aliphatic heterocycles. The molecular formula is C20H22F2N4O3. The summed E-state index contributed by atoms with van der Waals surface area (Å²) in [6, 6.07) is 0.725. The molecule has 5 rings (SSSR count). The highest BCUT2D eigenvalue weighted by Crippen LogP contribution is 2.39. The lowest BCUT2D eigenvalue weighted by Crippen LogP contribution is -2.52. The minimum atomic E-state index is -0.692. The Balaban J connectivity index is 1.38. The van der Waals surface area contributed by atoms with Gasteiger partial charge in [0, 0.05) is 43.3 Å². The Morgan fingerprint density at radius 2 is 1.93 bits per heavy atom. The molecule has 3 saturated heterocycles. The number of rotatable bonds is 4. The number of nitrogens with one attached hydrogen (secondary N) is 2. The summed E-state index contributed by atoms with van der Waals surface area (Å²) >= 11 is 0. The average molecular weight is 404 g/mol. The molecule has 0 aliphatic carbocycles. The van der Waals surface area contributed by atoms with Gasteiger partial charge in [0.25, 0.3) is 5.91 Å². The first-order valence-corrected chi connectivity index (χ1v) is 10.0. The van der Waals surface area contributed by atoms with Gasteiger partial charge in [0.05, 0.1) is 18.2 Å². The van der Waals surface area contributed by atoms with Crippen LogP contribution < -0.4 is 15.5 Å². The Hall–Kier alpha value is -2.39. The normalized spacial score (nSPS) is 30.8. The maximum Gasteiger partial charge on any atom is 0.255 e. The molecule has 1 amide bonds. The number of halogens is 2. The van der Waals surface area contributed by atoms with Crippen LogP contribution in [0.15, 0.2) is 6.07 Å². The predicted octanol–water partition coefficient (Wildman–Crippen LogP) is 0.360. The summed E-state index contributed by atoms with van der Waals surface area (Å²) in [5, 5.41) is 6.30. The van der Waals surface area contributed by atoms with E-state index in [1.165, 1.54) is 6.07 Å². The number of piperazine rings is 1. The number of aldehydes is 1. The van der Waals surface area contributed by atoms with Gasteiger partial charge < -0.3 is 20.4 Å². The third-order valence-corrected chi connectivity index (χ3v) is 6.75. The second-order valence-electron chi connectivity index (χ2n) is 8.34. The fraction of sp³-hybridized carbons (Fsp3) is 0.550. The van der Waals surface area contributed by atoms with E-state index in [1.54, 1.807) is 9.80 Å². The van der Waals surface area contributed by atoms with Crippen LogP contribution >= 0.6 is 0 Å². The molecule has 1 aromatic rings. The number of hydrogen-bond donors (Lipinski definition) is 2. The van der Waals surface area contributed by atoms with E-state index in [0.29, 0.717) is 38.8 Å². The third-order valence-electron chi connectivity index (χ3n) is 6.75. The monoisotopic (exact) mass is 404 g/mol. The summed E-state index contributed by atoms with van der Waals surface area (Å²) < 4.78 is 30.2. The van der Waals surface area contributed by atoms with Crippen LogP contribution in [0.4, 0.5) is 14.5 Å². The molecule has 4 unspecified atom stereocenters. The quantitative estimate of drug-likeness (QED) is 0.557. The summed E-state index contributed by atoms with van der Waals surface area (Å²) in [5.41, 5.74) is 0.302. The first-order valence-electron chi connectivity index (χ1n) is 10.0. The summed E-state index contributed by atoms with van der Waals surface area (Å²) in [5.74, 6) is -2.23. The SMILES string of the molecule is O=CC(=O)C1CCC(N2Cc3c(cc(F)c(N4CC5CC4CN5)c3F)C2=O)CN1. The van der Waals surface area contributed by atoms with E-state index in [1.807, 2.05) is 0 Å². The van der Waals surface area contributed by atoms with E-state index in [0.717, 1.165) is 6.42 Å². The molecular weight excluding hydrogens is 382 g/mol. The summed E-state index contributed by atoms with van der Waals surface area (Å²) in [4.78, 5) is 38.4. The van der Waals surface area contributed by atoms with Crippen molar-refractivity contribution in [2.24, 2.45) is 0 Å². The Morgan fingerprint density at radius 3 is 2.55 bits per heavy atom. The molecule has 0 radical (unpaired) electrons. The van der Waals surface area contributed by atoms with E-state index in [2.05, 4.69) is 10.6 Å². The van der Waals surface area contributed by atoms with Crippen molar-refractivity contribution in [3.63, 3.8) is 0 Å². The van der Waals surface area contributed by atoms with Crippen LogP contribution in [-0.4, -0.2) is 66.7 Å². The van der Waals surface area contributed by atoms with Crippen LogP contribution in [0.25, 0.3) is 0 Å². The lowest BCUT2D eigenvalue weighted by atomic mass is 9.97. The van der Waals surface area contributed by atoms with Crippen LogP contribution in [0, 0.1) is 11.6 Å². The molecule has 7 nitrogen and oxygen atoms in total. The third kappa shape index (κ3) is 2.86. The molecule has 4 heterocycles. The van der Waals surface area contributed by atoms with E-state index < -0.39 is 23.5 Å². The molecule has 4 aliphatic rings. The van der Waals surface area contributed by atoms with Crippen LogP contribution in [0.5, 0.6) is 0 Å². The number of Topliss-reactive ketones (excluding diaryl/α,β-unsaturated/α-hetero) is 1. The second-order valence-corrected chi connectivity index (χ2v) is 8.34. The topological polar surface area (TPSA) is 81.8 Å². The first kappa shape index (κ1) is 18.6. The molecule has 0 saturated carbocycles. The number of benzene rings is 1. The van der Waals surface area contributed by atoms with Crippen molar-refractivity contribution in [2.75, 3.05) is 24.5 Å². The van der Waals surface area contributed by atoms with Gasteiger partial charge in [-0.15, -0.1) is 0 Å². The Bertz CT molecular complexity index is 900. The number of piperidine rings is 1. The number of amides is 1. The smallest absolute Gasteiger partial charge is 0.255 e. The molecule has 0 spiro atoms.